The predicted molar refractivity (Wildman–Crippen MR) is 103 cm³/mol. The van der Waals surface area contributed by atoms with E-state index in [0.29, 0.717) is 24.8 Å². The second-order valence-corrected chi connectivity index (χ2v) is 7.70. The van der Waals surface area contributed by atoms with Gasteiger partial charge in [-0.25, -0.2) is 0 Å². The average molecular weight is 344 g/mol. The van der Waals surface area contributed by atoms with E-state index in [-0.39, 0.29) is 23.7 Å². The molecule has 0 heterocycles. The number of rotatable bonds is 8. The van der Waals surface area contributed by atoms with Crippen LogP contribution in [0.3, 0.4) is 0 Å². The maximum atomic E-state index is 12.7. The van der Waals surface area contributed by atoms with Crippen LogP contribution in [-0.2, 0) is 9.59 Å². The molecule has 0 aromatic heterocycles. The van der Waals surface area contributed by atoms with Gasteiger partial charge < -0.3 is 10.6 Å². The van der Waals surface area contributed by atoms with Crippen molar-refractivity contribution in [1.82, 2.24) is 5.32 Å². The van der Waals surface area contributed by atoms with Crippen LogP contribution < -0.4 is 10.6 Å². The van der Waals surface area contributed by atoms with E-state index >= 15 is 0 Å². The van der Waals surface area contributed by atoms with Gasteiger partial charge in [-0.3, -0.25) is 9.59 Å². The number of unbranched alkanes of at least 4 members (excludes halogenated alkanes) is 1. The quantitative estimate of drug-likeness (QED) is 0.686. The summed E-state index contributed by atoms with van der Waals surface area (Å²) in [5.41, 5.74) is 3.25. The van der Waals surface area contributed by atoms with Gasteiger partial charge in [0.25, 0.3) is 0 Å². The number of anilines is 1. The van der Waals surface area contributed by atoms with E-state index in [2.05, 4.69) is 63.5 Å². The van der Waals surface area contributed by atoms with Crippen molar-refractivity contribution in [3.05, 3.63) is 29.3 Å². The third-order valence-corrected chi connectivity index (χ3v) is 4.91. The van der Waals surface area contributed by atoms with Crippen LogP contribution in [0.15, 0.2) is 18.2 Å². The lowest BCUT2D eigenvalue weighted by Crippen LogP contribution is -2.28. The van der Waals surface area contributed by atoms with Crippen molar-refractivity contribution in [3.8, 4) is 0 Å². The molecule has 1 aliphatic rings. The molecule has 0 saturated heterocycles. The topological polar surface area (TPSA) is 58.2 Å². The molecule has 2 N–H and O–H groups in total. The van der Waals surface area contributed by atoms with Crippen LogP contribution in [0.4, 0.5) is 5.69 Å². The lowest BCUT2D eigenvalue weighted by molar-refractivity contribution is -0.125. The zero-order valence-corrected chi connectivity index (χ0v) is 16.2. The summed E-state index contributed by atoms with van der Waals surface area (Å²) in [6.07, 6.45) is 2.69. The molecule has 0 radical (unpaired) electrons. The van der Waals surface area contributed by atoms with Crippen LogP contribution in [-0.4, -0.2) is 18.4 Å². The molecule has 0 spiro atoms. The van der Waals surface area contributed by atoms with Gasteiger partial charge in [0.2, 0.25) is 11.8 Å². The smallest absolute Gasteiger partial charge is 0.228 e. The monoisotopic (exact) mass is 344 g/mol. The van der Waals surface area contributed by atoms with Crippen molar-refractivity contribution in [2.45, 2.75) is 65.7 Å². The van der Waals surface area contributed by atoms with Gasteiger partial charge in [-0.05, 0) is 35.8 Å². The molecule has 2 rings (SSSR count). The van der Waals surface area contributed by atoms with E-state index in [1.54, 1.807) is 0 Å². The summed E-state index contributed by atoms with van der Waals surface area (Å²) in [7, 11) is 0. The van der Waals surface area contributed by atoms with Crippen LogP contribution in [0.2, 0.25) is 0 Å². The summed E-state index contributed by atoms with van der Waals surface area (Å²) in [5, 5.41) is 6.07. The summed E-state index contributed by atoms with van der Waals surface area (Å²) in [6, 6.07) is 6.21. The lowest BCUT2D eigenvalue weighted by atomic mass is 9.92. The average Bonchev–Trinajstić information content (AvgIpc) is 3.35. The van der Waals surface area contributed by atoms with Crippen LogP contribution >= 0.6 is 0 Å². The normalized spacial score (nSPS) is 19.2. The Kier molecular flexibility index (Phi) is 6.63. The molecule has 1 aromatic rings. The van der Waals surface area contributed by atoms with Crippen molar-refractivity contribution >= 4 is 17.5 Å². The second-order valence-electron chi connectivity index (χ2n) is 7.70. The molecule has 25 heavy (non-hydrogen) atoms. The molecule has 138 valence electrons. The summed E-state index contributed by atoms with van der Waals surface area (Å²) in [4.78, 5) is 24.8. The maximum Gasteiger partial charge on any atom is 0.228 e. The van der Waals surface area contributed by atoms with E-state index in [9.17, 15) is 9.59 Å². The fourth-order valence-electron chi connectivity index (χ4n) is 3.21. The van der Waals surface area contributed by atoms with E-state index in [0.717, 1.165) is 29.7 Å². The second kappa shape index (κ2) is 8.50. The third kappa shape index (κ3) is 4.83. The first-order valence-corrected chi connectivity index (χ1v) is 9.58. The molecular formula is C21H32N2O2. The van der Waals surface area contributed by atoms with Crippen molar-refractivity contribution < 1.29 is 9.59 Å². The number of hydrogen-bond acceptors (Lipinski definition) is 2. The molecule has 1 aromatic carbocycles. The molecule has 4 nitrogen and oxygen atoms in total. The SMILES string of the molecule is CCCCNC(=O)C1CC1C(=O)Nc1c(C(C)C)cccc1C(C)C. The molecule has 0 bridgehead atoms. The number of carbonyl (C=O) groups is 2. The third-order valence-electron chi connectivity index (χ3n) is 4.91. The summed E-state index contributed by atoms with van der Waals surface area (Å²) in [5.74, 6) is 0.315. The lowest BCUT2D eigenvalue weighted by Gasteiger charge is -2.20. The Hall–Kier alpha value is -1.84. The summed E-state index contributed by atoms with van der Waals surface area (Å²) < 4.78 is 0. The van der Waals surface area contributed by atoms with Crippen molar-refractivity contribution in [2.75, 3.05) is 11.9 Å². The van der Waals surface area contributed by atoms with Gasteiger partial charge in [-0.2, -0.15) is 0 Å². The minimum absolute atomic E-state index is 0.0226. The van der Waals surface area contributed by atoms with E-state index in [4.69, 9.17) is 0 Å². The molecule has 1 aliphatic carbocycles. The first-order valence-electron chi connectivity index (χ1n) is 9.58. The van der Waals surface area contributed by atoms with Crippen molar-refractivity contribution in [2.24, 2.45) is 11.8 Å². The molecular weight excluding hydrogens is 312 g/mol. The Morgan fingerprint density at radius 1 is 1.04 bits per heavy atom. The van der Waals surface area contributed by atoms with E-state index in [1.807, 2.05) is 0 Å². The largest absolute Gasteiger partial charge is 0.356 e. The Morgan fingerprint density at radius 2 is 1.60 bits per heavy atom. The molecule has 2 atom stereocenters. The predicted octanol–water partition coefficient (Wildman–Crippen LogP) is 4.42. The van der Waals surface area contributed by atoms with Gasteiger partial charge in [0.1, 0.15) is 0 Å². The Labute approximate surface area is 151 Å². The molecule has 2 amide bonds. The van der Waals surface area contributed by atoms with Gasteiger partial charge >= 0.3 is 0 Å². The van der Waals surface area contributed by atoms with Crippen molar-refractivity contribution in [3.63, 3.8) is 0 Å². The maximum absolute atomic E-state index is 12.7. The van der Waals surface area contributed by atoms with Gasteiger partial charge in [0.15, 0.2) is 0 Å². The van der Waals surface area contributed by atoms with Gasteiger partial charge in [0.05, 0.1) is 11.8 Å². The van der Waals surface area contributed by atoms with Gasteiger partial charge in [-0.15, -0.1) is 0 Å². The number of para-hydroxylation sites is 1. The fourth-order valence-corrected chi connectivity index (χ4v) is 3.21. The van der Waals surface area contributed by atoms with Crippen molar-refractivity contribution in [1.29, 1.82) is 0 Å². The number of hydrogen-bond donors (Lipinski definition) is 2. The summed E-state index contributed by atoms with van der Waals surface area (Å²) >= 11 is 0. The number of benzene rings is 1. The highest BCUT2D eigenvalue weighted by Crippen LogP contribution is 2.41. The van der Waals surface area contributed by atoms with Crippen LogP contribution in [0.1, 0.15) is 76.8 Å². The first kappa shape index (κ1) is 19.5. The molecule has 1 saturated carbocycles. The molecule has 4 heteroatoms. The highest BCUT2D eigenvalue weighted by Gasteiger charge is 2.48. The zero-order valence-electron chi connectivity index (χ0n) is 16.2. The number of nitrogens with one attached hydrogen (secondary N) is 2. The molecule has 0 aliphatic heterocycles. The van der Waals surface area contributed by atoms with E-state index in [1.165, 1.54) is 0 Å². The van der Waals surface area contributed by atoms with Gasteiger partial charge in [0, 0.05) is 12.2 Å². The van der Waals surface area contributed by atoms with Crippen LogP contribution in [0.25, 0.3) is 0 Å². The molecule has 1 fully saturated rings. The molecule has 2 unspecified atom stereocenters. The number of amides is 2. The van der Waals surface area contributed by atoms with Crippen LogP contribution in [0, 0.1) is 11.8 Å². The first-order chi connectivity index (χ1) is 11.9. The van der Waals surface area contributed by atoms with Crippen LogP contribution in [0.5, 0.6) is 0 Å². The minimum Gasteiger partial charge on any atom is -0.356 e. The Balaban J connectivity index is 2.05. The highest BCUT2D eigenvalue weighted by atomic mass is 16.2. The van der Waals surface area contributed by atoms with Gasteiger partial charge in [-0.1, -0.05) is 59.2 Å². The standard InChI is InChI=1S/C21H32N2O2/c1-6-7-11-22-20(24)17-12-18(17)21(25)23-19-15(13(2)3)9-8-10-16(19)14(4)5/h8-10,13-14,17-18H,6-7,11-12H2,1-5H3,(H,22,24)(H,23,25). The highest BCUT2D eigenvalue weighted by molar-refractivity contribution is 6.00. The fraction of sp³-hybridized carbons (Fsp3) is 0.619. The Bertz CT molecular complexity index is 596. The summed E-state index contributed by atoms with van der Waals surface area (Å²) in [6.45, 7) is 11.3. The zero-order chi connectivity index (χ0) is 18.6. The number of carbonyl (C=O) groups excluding carboxylic acids is 2. The minimum atomic E-state index is -0.193. The van der Waals surface area contributed by atoms with E-state index < -0.39 is 0 Å². The Morgan fingerprint density at radius 3 is 2.12 bits per heavy atom.